The number of carbonyl (C=O) groups is 2. The van der Waals surface area contributed by atoms with E-state index in [4.69, 9.17) is 15.2 Å². The highest BCUT2D eigenvalue weighted by Crippen LogP contribution is 2.19. The molecule has 2 heterocycles. The van der Waals surface area contributed by atoms with Crippen molar-refractivity contribution in [3.05, 3.63) is 36.0 Å². The smallest absolute Gasteiger partial charge is 0.409 e. The maximum absolute atomic E-state index is 12.5. The minimum Gasteiger partial charge on any atom is -0.497 e. The van der Waals surface area contributed by atoms with Crippen LogP contribution >= 0.6 is 0 Å². The number of methoxy groups -OCH3 is 1. The highest BCUT2D eigenvalue weighted by molar-refractivity contribution is 6.07. The van der Waals surface area contributed by atoms with Gasteiger partial charge in [-0.25, -0.2) is 9.78 Å². The number of nitrogens with two attached hydrogens (primary N) is 1. The third-order valence-corrected chi connectivity index (χ3v) is 4.49. The summed E-state index contributed by atoms with van der Waals surface area (Å²) in [5, 5.41) is 2.75. The molecule has 1 aliphatic rings. The Hall–Kier alpha value is -3.56. The molecule has 0 aliphatic carbocycles. The van der Waals surface area contributed by atoms with Crippen molar-refractivity contribution in [3.63, 3.8) is 0 Å². The number of nitrogen functional groups attached to an aromatic ring is 1. The summed E-state index contributed by atoms with van der Waals surface area (Å²) in [6.45, 7) is 4.23. The summed E-state index contributed by atoms with van der Waals surface area (Å²) in [6.07, 6.45) is 1.09. The number of nitrogens with zero attached hydrogens (tertiary/aromatic N) is 4. The molecule has 0 atom stereocenters. The minimum atomic E-state index is -0.397. The molecule has 1 aromatic carbocycles. The molecule has 1 aromatic heterocycles. The van der Waals surface area contributed by atoms with Crippen LogP contribution in [0.5, 0.6) is 5.75 Å². The van der Waals surface area contributed by atoms with Crippen molar-refractivity contribution >= 4 is 29.5 Å². The first-order chi connectivity index (χ1) is 14.0. The summed E-state index contributed by atoms with van der Waals surface area (Å²) >= 11 is 0. The normalized spacial score (nSPS) is 13.7. The molecule has 29 heavy (non-hydrogen) atoms. The minimum absolute atomic E-state index is 0.0915. The summed E-state index contributed by atoms with van der Waals surface area (Å²) in [6, 6.07) is 6.94. The summed E-state index contributed by atoms with van der Waals surface area (Å²) < 4.78 is 10.1. The van der Waals surface area contributed by atoms with E-state index >= 15 is 0 Å². The Bertz CT molecular complexity index is 866. The highest BCUT2D eigenvalue weighted by Gasteiger charge is 2.24. The van der Waals surface area contributed by atoms with Crippen molar-refractivity contribution in [1.29, 1.82) is 0 Å². The molecule has 3 N–H and O–H groups in total. The van der Waals surface area contributed by atoms with Crippen LogP contribution in [0, 0.1) is 0 Å². The molecular formula is C19H24N6O4. The molecule has 3 rings (SSSR count). The van der Waals surface area contributed by atoms with Crippen molar-refractivity contribution in [2.75, 3.05) is 55.8 Å². The number of amides is 2. The lowest BCUT2D eigenvalue weighted by Crippen LogP contribution is -2.49. The molecule has 2 aromatic rings. The summed E-state index contributed by atoms with van der Waals surface area (Å²) in [7, 11) is 1.57. The monoisotopic (exact) mass is 400 g/mol. The maximum atomic E-state index is 12.5. The van der Waals surface area contributed by atoms with E-state index in [2.05, 4.69) is 15.3 Å². The fourth-order valence-electron chi connectivity index (χ4n) is 2.89. The van der Waals surface area contributed by atoms with E-state index in [1.807, 2.05) is 4.90 Å². The Kier molecular flexibility index (Phi) is 6.32. The average Bonchev–Trinajstić information content (AvgIpc) is 2.74. The van der Waals surface area contributed by atoms with Crippen LogP contribution in [0.25, 0.3) is 0 Å². The molecule has 1 aliphatic heterocycles. The van der Waals surface area contributed by atoms with Gasteiger partial charge >= 0.3 is 6.09 Å². The second-order valence-electron chi connectivity index (χ2n) is 6.32. The van der Waals surface area contributed by atoms with Gasteiger partial charge in [-0.3, -0.25) is 4.79 Å². The van der Waals surface area contributed by atoms with Crippen LogP contribution in [-0.2, 0) is 4.74 Å². The van der Waals surface area contributed by atoms with Crippen LogP contribution in [0.2, 0.25) is 0 Å². The van der Waals surface area contributed by atoms with E-state index in [1.165, 1.54) is 6.20 Å². The van der Waals surface area contributed by atoms with Gasteiger partial charge in [-0.1, -0.05) is 0 Å². The quantitative estimate of drug-likeness (QED) is 0.776. The van der Waals surface area contributed by atoms with Crippen molar-refractivity contribution in [1.82, 2.24) is 14.9 Å². The number of aromatic nitrogens is 2. The zero-order valence-corrected chi connectivity index (χ0v) is 16.4. The Morgan fingerprint density at radius 3 is 2.45 bits per heavy atom. The third-order valence-electron chi connectivity index (χ3n) is 4.49. The van der Waals surface area contributed by atoms with Crippen molar-refractivity contribution in [2.45, 2.75) is 6.92 Å². The molecule has 10 nitrogen and oxygen atoms in total. The van der Waals surface area contributed by atoms with Gasteiger partial charge in [0, 0.05) is 38.1 Å². The Morgan fingerprint density at radius 1 is 1.17 bits per heavy atom. The summed E-state index contributed by atoms with van der Waals surface area (Å²) in [5.74, 6) is 0.811. The van der Waals surface area contributed by atoms with Gasteiger partial charge in [0.15, 0.2) is 0 Å². The SMILES string of the molecule is CCOC(=O)N1CCN(c2ncc(C(=O)Nc3ccc(OC)cc3)c(N)n2)CC1. The lowest BCUT2D eigenvalue weighted by Gasteiger charge is -2.34. The molecule has 0 unspecified atom stereocenters. The molecular weight excluding hydrogens is 376 g/mol. The largest absolute Gasteiger partial charge is 0.497 e. The number of hydrogen-bond acceptors (Lipinski definition) is 8. The molecule has 2 amide bonds. The molecule has 0 spiro atoms. The number of piperazine rings is 1. The lowest BCUT2D eigenvalue weighted by molar-refractivity contribution is 0.102. The maximum Gasteiger partial charge on any atom is 0.409 e. The fourth-order valence-corrected chi connectivity index (χ4v) is 2.89. The lowest BCUT2D eigenvalue weighted by atomic mass is 10.2. The topological polar surface area (TPSA) is 123 Å². The molecule has 1 saturated heterocycles. The number of ether oxygens (including phenoxy) is 2. The van der Waals surface area contributed by atoms with E-state index in [1.54, 1.807) is 43.2 Å². The Labute approximate surface area is 168 Å². The van der Waals surface area contributed by atoms with Gasteiger partial charge in [-0.2, -0.15) is 4.98 Å². The van der Waals surface area contributed by atoms with Gasteiger partial charge < -0.3 is 30.3 Å². The second-order valence-corrected chi connectivity index (χ2v) is 6.32. The molecule has 0 saturated carbocycles. The summed E-state index contributed by atoms with van der Waals surface area (Å²) in [4.78, 5) is 36.4. The average molecular weight is 400 g/mol. The van der Waals surface area contributed by atoms with Crippen LogP contribution < -0.4 is 20.7 Å². The van der Waals surface area contributed by atoms with Gasteiger partial charge in [0.1, 0.15) is 17.1 Å². The van der Waals surface area contributed by atoms with Crippen molar-refractivity contribution in [3.8, 4) is 5.75 Å². The molecule has 1 fully saturated rings. The van der Waals surface area contributed by atoms with E-state index < -0.39 is 5.91 Å². The van der Waals surface area contributed by atoms with Crippen molar-refractivity contribution in [2.24, 2.45) is 0 Å². The van der Waals surface area contributed by atoms with Gasteiger partial charge in [0.05, 0.1) is 13.7 Å². The first kappa shape index (κ1) is 20.2. The van der Waals surface area contributed by atoms with Gasteiger partial charge in [0.25, 0.3) is 5.91 Å². The van der Waals surface area contributed by atoms with Crippen molar-refractivity contribution < 1.29 is 19.1 Å². The van der Waals surface area contributed by atoms with Gasteiger partial charge in [-0.15, -0.1) is 0 Å². The predicted molar refractivity (Wildman–Crippen MR) is 108 cm³/mol. The standard InChI is InChI=1S/C19H24N6O4/c1-3-29-19(27)25-10-8-24(9-11-25)18-21-12-15(16(20)23-18)17(26)22-13-4-6-14(28-2)7-5-13/h4-7,12H,3,8-11H2,1-2H3,(H,22,26)(H2,20,21,23). The molecule has 0 radical (unpaired) electrons. The van der Waals surface area contributed by atoms with Crippen LogP contribution in [0.4, 0.5) is 22.2 Å². The van der Waals surface area contributed by atoms with E-state index in [9.17, 15) is 9.59 Å². The first-order valence-electron chi connectivity index (χ1n) is 9.26. The molecule has 154 valence electrons. The van der Waals surface area contributed by atoms with Gasteiger partial charge in [-0.05, 0) is 31.2 Å². The number of anilines is 3. The van der Waals surface area contributed by atoms with Crippen LogP contribution in [0.3, 0.4) is 0 Å². The fraction of sp³-hybridized carbons (Fsp3) is 0.368. The van der Waals surface area contributed by atoms with Crippen LogP contribution in [-0.4, -0.2) is 66.8 Å². The highest BCUT2D eigenvalue weighted by atomic mass is 16.6. The number of hydrogen-bond donors (Lipinski definition) is 2. The summed E-state index contributed by atoms with van der Waals surface area (Å²) in [5.41, 5.74) is 6.80. The number of benzene rings is 1. The second kappa shape index (κ2) is 9.09. The van der Waals surface area contributed by atoms with E-state index in [0.29, 0.717) is 50.2 Å². The Balaban J connectivity index is 1.62. The number of rotatable bonds is 5. The van der Waals surface area contributed by atoms with Gasteiger partial charge in [0.2, 0.25) is 5.95 Å². The van der Waals surface area contributed by atoms with Crippen LogP contribution in [0.15, 0.2) is 30.5 Å². The number of carbonyl (C=O) groups excluding carboxylic acids is 2. The molecule has 0 bridgehead atoms. The zero-order chi connectivity index (χ0) is 20.8. The first-order valence-corrected chi connectivity index (χ1v) is 9.26. The predicted octanol–water partition coefficient (Wildman–Crippen LogP) is 1.60. The Morgan fingerprint density at radius 2 is 1.86 bits per heavy atom. The van der Waals surface area contributed by atoms with Crippen LogP contribution in [0.1, 0.15) is 17.3 Å². The van der Waals surface area contributed by atoms with E-state index in [-0.39, 0.29) is 17.5 Å². The molecule has 10 heteroatoms. The third kappa shape index (κ3) is 4.84. The van der Waals surface area contributed by atoms with E-state index in [0.717, 1.165) is 0 Å². The zero-order valence-electron chi connectivity index (χ0n) is 16.4. The number of nitrogens with one attached hydrogen (secondary N) is 1.